The molecule has 0 radical (unpaired) electrons. The average molecular weight is 521 g/mol. The number of carbonyl (C=O) groups excluding carboxylic acids is 2. The van der Waals surface area contributed by atoms with Crippen molar-refractivity contribution in [1.29, 1.82) is 0 Å². The Morgan fingerprint density at radius 2 is 1.49 bits per heavy atom. The zero-order valence-electron chi connectivity index (χ0n) is 21.8. The van der Waals surface area contributed by atoms with Gasteiger partial charge in [0.25, 0.3) is 11.7 Å². The molecule has 0 spiro atoms. The van der Waals surface area contributed by atoms with E-state index in [2.05, 4.69) is 5.32 Å². The number of methoxy groups -OCH3 is 1. The van der Waals surface area contributed by atoms with E-state index in [1.54, 1.807) is 50.4 Å². The SMILES string of the molecule is COc1cc(C)c(/C(O)=C2\C(=O)C(=O)N(c3ccc(Nc4ccccc4)cc3)C2c2ccc(O)cc2)cc1C. The van der Waals surface area contributed by atoms with Crippen LogP contribution in [0.15, 0.2) is 96.6 Å². The molecule has 1 saturated heterocycles. The molecule has 1 aliphatic heterocycles. The second kappa shape index (κ2) is 10.4. The van der Waals surface area contributed by atoms with Gasteiger partial charge in [-0.25, -0.2) is 0 Å². The number of hydrogen-bond acceptors (Lipinski definition) is 6. The normalized spacial score (nSPS) is 16.4. The molecule has 7 nitrogen and oxygen atoms in total. The molecule has 196 valence electrons. The maximum Gasteiger partial charge on any atom is 0.300 e. The number of anilines is 3. The summed E-state index contributed by atoms with van der Waals surface area (Å²) >= 11 is 0. The van der Waals surface area contributed by atoms with Gasteiger partial charge in [0, 0.05) is 22.6 Å². The van der Waals surface area contributed by atoms with Crippen molar-refractivity contribution >= 4 is 34.5 Å². The second-order valence-electron chi connectivity index (χ2n) is 9.44. The zero-order valence-corrected chi connectivity index (χ0v) is 21.8. The van der Waals surface area contributed by atoms with Crippen LogP contribution in [0.5, 0.6) is 11.5 Å². The van der Waals surface area contributed by atoms with Gasteiger partial charge in [-0.05, 0) is 91.2 Å². The number of nitrogens with one attached hydrogen (secondary N) is 1. The van der Waals surface area contributed by atoms with Crippen LogP contribution < -0.4 is 15.0 Å². The zero-order chi connectivity index (χ0) is 27.7. The second-order valence-corrected chi connectivity index (χ2v) is 9.44. The number of benzene rings is 4. The number of para-hydroxylation sites is 1. The van der Waals surface area contributed by atoms with Gasteiger partial charge in [-0.2, -0.15) is 0 Å². The van der Waals surface area contributed by atoms with Crippen molar-refractivity contribution in [1.82, 2.24) is 0 Å². The van der Waals surface area contributed by atoms with E-state index < -0.39 is 17.7 Å². The Hall–Kier alpha value is -5.04. The summed E-state index contributed by atoms with van der Waals surface area (Å²) < 4.78 is 5.39. The van der Waals surface area contributed by atoms with E-state index in [1.165, 1.54) is 17.0 Å². The molecule has 0 aromatic heterocycles. The summed E-state index contributed by atoms with van der Waals surface area (Å²) in [6.07, 6.45) is 0. The van der Waals surface area contributed by atoms with E-state index in [9.17, 15) is 19.8 Å². The molecule has 0 aliphatic carbocycles. The van der Waals surface area contributed by atoms with Crippen molar-refractivity contribution in [3.05, 3.63) is 119 Å². The van der Waals surface area contributed by atoms with Crippen LogP contribution in [0.2, 0.25) is 0 Å². The lowest BCUT2D eigenvalue weighted by molar-refractivity contribution is -0.132. The van der Waals surface area contributed by atoms with E-state index >= 15 is 0 Å². The van der Waals surface area contributed by atoms with Crippen molar-refractivity contribution in [3.63, 3.8) is 0 Å². The largest absolute Gasteiger partial charge is 0.508 e. The number of phenols is 1. The number of Topliss-reactive ketones (excluding diaryl/α,β-unsaturated/α-hetero) is 1. The fourth-order valence-corrected chi connectivity index (χ4v) is 4.87. The monoisotopic (exact) mass is 520 g/mol. The summed E-state index contributed by atoms with van der Waals surface area (Å²) in [6.45, 7) is 3.65. The molecule has 0 bridgehead atoms. The molecule has 5 rings (SSSR count). The van der Waals surface area contributed by atoms with Crippen LogP contribution in [-0.2, 0) is 9.59 Å². The van der Waals surface area contributed by atoms with E-state index in [1.807, 2.05) is 49.4 Å². The molecule has 39 heavy (non-hydrogen) atoms. The third-order valence-corrected chi connectivity index (χ3v) is 6.86. The van der Waals surface area contributed by atoms with E-state index in [-0.39, 0.29) is 17.1 Å². The highest BCUT2D eigenvalue weighted by molar-refractivity contribution is 6.51. The molecule has 1 unspecified atom stereocenters. The van der Waals surface area contributed by atoms with Gasteiger partial charge in [-0.3, -0.25) is 14.5 Å². The standard InChI is InChI=1S/C32H28N2O5/c1-19-18-27(39-3)20(2)17-26(19)30(36)28-29(21-9-15-25(35)16-10-21)34(32(38)31(28)37)24-13-11-23(12-14-24)33-22-7-5-4-6-8-22/h4-18,29,33,35-36H,1-3H3/b30-28+. The first kappa shape index (κ1) is 25.6. The molecule has 1 atom stereocenters. The third kappa shape index (κ3) is 4.82. The Morgan fingerprint density at radius 1 is 0.846 bits per heavy atom. The summed E-state index contributed by atoms with van der Waals surface area (Å²) in [7, 11) is 1.57. The lowest BCUT2D eigenvalue weighted by atomic mass is 9.93. The molecule has 3 N–H and O–H groups in total. The van der Waals surface area contributed by atoms with Gasteiger partial charge < -0.3 is 20.3 Å². The van der Waals surface area contributed by atoms with Crippen LogP contribution in [0.25, 0.3) is 5.76 Å². The predicted octanol–water partition coefficient (Wildman–Crippen LogP) is 6.39. The Balaban J connectivity index is 1.61. The smallest absolute Gasteiger partial charge is 0.300 e. The molecular weight excluding hydrogens is 492 g/mol. The van der Waals surface area contributed by atoms with Crippen molar-refractivity contribution in [2.45, 2.75) is 19.9 Å². The lowest BCUT2D eigenvalue weighted by Gasteiger charge is -2.26. The fraction of sp³-hybridized carbons (Fsp3) is 0.125. The Labute approximate surface area is 226 Å². The van der Waals surface area contributed by atoms with E-state index in [0.717, 1.165) is 16.9 Å². The predicted molar refractivity (Wildman–Crippen MR) is 152 cm³/mol. The minimum atomic E-state index is -0.902. The van der Waals surface area contributed by atoms with Crippen molar-refractivity contribution in [2.24, 2.45) is 0 Å². The van der Waals surface area contributed by atoms with Crippen LogP contribution in [0.1, 0.15) is 28.3 Å². The first-order valence-electron chi connectivity index (χ1n) is 12.5. The number of ether oxygens (including phenoxy) is 1. The van der Waals surface area contributed by atoms with Crippen LogP contribution in [0.3, 0.4) is 0 Å². The number of aromatic hydroxyl groups is 1. The van der Waals surface area contributed by atoms with Crippen molar-refractivity contribution in [2.75, 3.05) is 17.3 Å². The number of aliphatic hydroxyl groups excluding tert-OH is 1. The number of aryl methyl sites for hydroxylation is 2. The summed E-state index contributed by atoms with van der Waals surface area (Å²) in [4.78, 5) is 28.4. The number of hydrogen-bond donors (Lipinski definition) is 3. The molecule has 4 aromatic carbocycles. The number of carbonyl (C=O) groups is 2. The van der Waals surface area contributed by atoms with E-state index in [0.29, 0.717) is 28.1 Å². The average Bonchev–Trinajstić information content (AvgIpc) is 3.21. The number of nitrogens with zero attached hydrogens (tertiary/aromatic N) is 1. The Bertz CT molecular complexity index is 1580. The highest BCUT2D eigenvalue weighted by Crippen LogP contribution is 2.43. The molecule has 1 aliphatic rings. The van der Waals surface area contributed by atoms with Gasteiger partial charge in [0.2, 0.25) is 0 Å². The van der Waals surface area contributed by atoms with Gasteiger partial charge in [0.15, 0.2) is 0 Å². The maximum atomic E-state index is 13.5. The number of aliphatic hydroxyl groups is 1. The highest BCUT2D eigenvalue weighted by Gasteiger charge is 2.47. The molecule has 1 fully saturated rings. The van der Waals surface area contributed by atoms with Gasteiger partial charge in [0.1, 0.15) is 17.3 Å². The minimum Gasteiger partial charge on any atom is -0.508 e. The lowest BCUT2D eigenvalue weighted by Crippen LogP contribution is -2.29. The molecule has 7 heteroatoms. The maximum absolute atomic E-state index is 13.5. The van der Waals surface area contributed by atoms with Crippen LogP contribution in [0.4, 0.5) is 17.1 Å². The Morgan fingerprint density at radius 3 is 2.13 bits per heavy atom. The molecule has 0 saturated carbocycles. The summed E-state index contributed by atoms with van der Waals surface area (Å²) in [6, 6.07) is 25.7. The first-order valence-corrected chi connectivity index (χ1v) is 12.5. The molecule has 1 amide bonds. The third-order valence-electron chi connectivity index (χ3n) is 6.86. The quantitative estimate of drug-likeness (QED) is 0.155. The highest BCUT2D eigenvalue weighted by atomic mass is 16.5. The number of phenolic OH excluding ortho intramolecular Hbond substituents is 1. The Kier molecular flexibility index (Phi) is 6.81. The first-order chi connectivity index (χ1) is 18.8. The topological polar surface area (TPSA) is 99.1 Å². The van der Waals surface area contributed by atoms with Gasteiger partial charge >= 0.3 is 0 Å². The van der Waals surface area contributed by atoms with Crippen molar-refractivity contribution < 1.29 is 24.5 Å². The molecule has 4 aromatic rings. The van der Waals surface area contributed by atoms with Gasteiger partial charge in [-0.15, -0.1) is 0 Å². The number of amides is 1. The van der Waals surface area contributed by atoms with E-state index in [4.69, 9.17) is 4.74 Å². The van der Waals surface area contributed by atoms with Crippen LogP contribution in [0, 0.1) is 13.8 Å². The van der Waals surface area contributed by atoms with Crippen molar-refractivity contribution in [3.8, 4) is 11.5 Å². The van der Waals surface area contributed by atoms with Crippen LogP contribution >= 0.6 is 0 Å². The van der Waals surface area contributed by atoms with Crippen LogP contribution in [-0.4, -0.2) is 29.0 Å². The molecular formula is C32H28N2O5. The van der Waals surface area contributed by atoms with Gasteiger partial charge in [-0.1, -0.05) is 30.3 Å². The van der Waals surface area contributed by atoms with Gasteiger partial charge in [0.05, 0.1) is 18.7 Å². The minimum absolute atomic E-state index is 0.0233. The molecule has 1 heterocycles. The number of ketones is 1. The fourth-order valence-electron chi connectivity index (χ4n) is 4.87. The summed E-state index contributed by atoms with van der Waals surface area (Å²) in [5.74, 6) is -1.09. The summed E-state index contributed by atoms with van der Waals surface area (Å²) in [5, 5.41) is 24.7. The number of rotatable bonds is 6. The summed E-state index contributed by atoms with van der Waals surface area (Å²) in [5.41, 5.74) is 4.69.